The van der Waals surface area contributed by atoms with Crippen molar-refractivity contribution < 1.29 is 0 Å². The minimum atomic E-state index is -0.211. The Morgan fingerprint density at radius 1 is 0.941 bits per heavy atom. The van der Waals surface area contributed by atoms with Crippen LogP contribution in [-0.4, -0.2) is 15.8 Å². The van der Waals surface area contributed by atoms with E-state index < -0.39 is 0 Å². The third kappa shape index (κ3) is 3.48. The van der Waals surface area contributed by atoms with E-state index in [1.54, 1.807) is 16.9 Å². The van der Waals surface area contributed by atoms with Crippen molar-refractivity contribution in [1.29, 1.82) is 0 Å². The molecule has 0 heterocycles. The maximum atomic E-state index is 2.35. The largest absolute Gasteiger partial charge is 0.130 e. The maximum Gasteiger partial charge on any atom is 0.0620 e. The van der Waals surface area contributed by atoms with Crippen LogP contribution in [0.3, 0.4) is 0 Å². The fraction of sp³-hybridized carbons (Fsp3) is 0.200. The lowest BCUT2D eigenvalue weighted by Gasteiger charge is -2.11. The Labute approximate surface area is 110 Å². The predicted molar refractivity (Wildman–Crippen MR) is 81.3 cm³/mol. The van der Waals surface area contributed by atoms with E-state index in [0.717, 1.165) is 0 Å². The van der Waals surface area contributed by atoms with Gasteiger partial charge in [0.1, 0.15) is 0 Å². The molecule has 0 saturated carbocycles. The van der Waals surface area contributed by atoms with E-state index >= 15 is 0 Å². The summed E-state index contributed by atoms with van der Waals surface area (Å²) in [5.74, 6) is 0. The van der Waals surface area contributed by atoms with Gasteiger partial charge in [0.25, 0.3) is 0 Å². The van der Waals surface area contributed by atoms with E-state index in [-0.39, 0.29) is 9.52 Å². The highest BCUT2D eigenvalue weighted by atomic mass is 32.2. The molecule has 0 spiro atoms. The zero-order valence-electron chi connectivity index (χ0n) is 10.4. The summed E-state index contributed by atoms with van der Waals surface area (Å²) < 4.78 is 0. The van der Waals surface area contributed by atoms with Crippen LogP contribution in [-0.2, 0) is 0 Å². The highest BCUT2D eigenvalue weighted by molar-refractivity contribution is 7.98. The molecule has 2 heteroatoms. The molecule has 17 heavy (non-hydrogen) atoms. The van der Waals surface area contributed by atoms with Crippen LogP contribution in [0.2, 0.25) is 0 Å². The lowest BCUT2D eigenvalue weighted by molar-refractivity contribution is 1.07. The molecule has 0 nitrogen and oxygen atoms in total. The summed E-state index contributed by atoms with van der Waals surface area (Å²) in [6.07, 6.45) is 2.12. The molecular weight excluding hydrogens is 240 g/mol. The van der Waals surface area contributed by atoms with Crippen molar-refractivity contribution in [3.05, 3.63) is 60.2 Å². The molecule has 2 rings (SSSR count). The van der Waals surface area contributed by atoms with Crippen LogP contribution < -0.4 is 5.19 Å². The van der Waals surface area contributed by atoms with Gasteiger partial charge < -0.3 is 0 Å². The monoisotopic (exact) mass is 258 g/mol. The van der Waals surface area contributed by atoms with Gasteiger partial charge in [-0.2, -0.15) is 0 Å². The fourth-order valence-electron chi connectivity index (χ4n) is 2.02. The highest BCUT2D eigenvalue weighted by Gasteiger charge is 2.07. The van der Waals surface area contributed by atoms with Crippen molar-refractivity contribution >= 4 is 26.5 Å². The van der Waals surface area contributed by atoms with Crippen molar-refractivity contribution in [1.82, 2.24) is 0 Å². The van der Waals surface area contributed by atoms with Crippen LogP contribution in [0.4, 0.5) is 0 Å². The second-order valence-corrected chi connectivity index (χ2v) is 7.69. The van der Waals surface area contributed by atoms with Gasteiger partial charge in [-0.1, -0.05) is 54.6 Å². The molecule has 88 valence electrons. The van der Waals surface area contributed by atoms with Crippen LogP contribution in [0, 0.1) is 0 Å². The average molecular weight is 258 g/mol. The molecule has 0 bridgehead atoms. The van der Waals surface area contributed by atoms with Gasteiger partial charge >= 0.3 is 0 Å². The topological polar surface area (TPSA) is 0 Å². The van der Waals surface area contributed by atoms with Gasteiger partial charge in [0, 0.05) is 4.90 Å². The number of rotatable bonds is 4. The molecule has 0 aliphatic heterocycles. The first-order valence-electron chi connectivity index (χ1n) is 5.97. The second-order valence-electron chi connectivity index (χ2n) is 4.36. The summed E-state index contributed by atoms with van der Waals surface area (Å²) in [7, 11) is -0.211. The maximum absolute atomic E-state index is 2.35. The molecule has 0 amide bonds. The third-order valence-corrected chi connectivity index (χ3v) is 5.84. The SMILES string of the molecule is CSc1ccc([C@H](C)[SiH2]c2ccccc2)cc1. The number of hydrogen-bond acceptors (Lipinski definition) is 1. The molecule has 2 aromatic carbocycles. The Bertz CT molecular complexity index is 450. The minimum Gasteiger partial charge on any atom is -0.130 e. The fourth-order valence-corrected chi connectivity index (χ4v) is 4.19. The molecule has 0 unspecified atom stereocenters. The molecule has 0 radical (unpaired) electrons. The van der Waals surface area contributed by atoms with E-state index in [9.17, 15) is 0 Å². The molecular formula is C15H18SSi. The first-order chi connectivity index (χ1) is 8.29. The number of hydrogen-bond donors (Lipinski definition) is 0. The summed E-state index contributed by atoms with van der Waals surface area (Å²) in [6, 6.07) is 19.9. The van der Waals surface area contributed by atoms with Crippen LogP contribution in [0.1, 0.15) is 18.0 Å². The van der Waals surface area contributed by atoms with Crippen molar-refractivity contribution in [3.8, 4) is 0 Å². The van der Waals surface area contributed by atoms with Gasteiger partial charge in [0.05, 0.1) is 9.52 Å². The average Bonchev–Trinajstić information content (AvgIpc) is 2.40. The van der Waals surface area contributed by atoms with Crippen molar-refractivity contribution in [2.24, 2.45) is 0 Å². The molecule has 0 aromatic heterocycles. The summed E-state index contributed by atoms with van der Waals surface area (Å²) in [5, 5.41) is 1.55. The van der Waals surface area contributed by atoms with Crippen molar-refractivity contribution in [3.63, 3.8) is 0 Å². The Morgan fingerprint density at radius 2 is 1.59 bits per heavy atom. The minimum absolute atomic E-state index is 0.211. The summed E-state index contributed by atoms with van der Waals surface area (Å²) in [6.45, 7) is 2.35. The third-order valence-electron chi connectivity index (χ3n) is 3.07. The molecule has 0 saturated heterocycles. The van der Waals surface area contributed by atoms with E-state index in [1.165, 1.54) is 10.5 Å². The van der Waals surface area contributed by atoms with Gasteiger partial charge in [-0.15, -0.1) is 11.8 Å². The van der Waals surface area contributed by atoms with Crippen LogP contribution in [0.25, 0.3) is 0 Å². The first-order valence-corrected chi connectivity index (χ1v) is 8.72. The normalized spacial score (nSPS) is 13.1. The molecule has 0 aliphatic rings. The summed E-state index contributed by atoms with van der Waals surface area (Å²) >= 11 is 1.80. The van der Waals surface area contributed by atoms with Gasteiger partial charge in [-0.25, -0.2) is 0 Å². The molecule has 0 aliphatic carbocycles. The Balaban J connectivity index is 2.06. The number of benzene rings is 2. The lowest BCUT2D eigenvalue weighted by Crippen LogP contribution is -2.19. The Kier molecular flexibility index (Phi) is 4.46. The van der Waals surface area contributed by atoms with Gasteiger partial charge in [-0.3, -0.25) is 0 Å². The highest BCUT2D eigenvalue weighted by Crippen LogP contribution is 2.19. The van der Waals surface area contributed by atoms with Crippen molar-refractivity contribution in [2.75, 3.05) is 6.26 Å². The molecule has 2 aromatic rings. The van der Waals surface area contributed by atoms with Crippen LogP contribution in [0.15, 0.2) is 59.5 Å². The quantitative estimate of drug-likeness (QED) is 0.600. The summed E-state index contributed by atoms with van der Waals surface area (Å²) in [4.78, 5) is 1.35. The number of thioether (sulfide) groups is 1. The van der Waals surface area contributed by atoms with Crippen LogP contribution >= 0.6 is 11.8 Å². The smallest absolute Gasteiger partial charge is 0.0620 e. The zero-order chi connectivity index (χ0) is 12.1. The Morgan fingerprint density at radius 3 is 2.18 bits per heavy atom. The van der Waals surface area contributed by atoms with E-state index in [4.69, 9.17) is 0 Å². The van der Waals surface area contributed by atoms with E-state index in [1.807, 2.05) is 0 Å². The Hall–Kier alpha value is -0.993. The second kappa shape index (κ2) is 6.08. The predicted octanol–water partition coefficient (Wildman–Crippen LogP) is 2.96. The zero-order valence-corrected chi connectivity index (χ0v) is 12.6. The van der Waals surface area contributed by atoms with Gasteiger partial charge in [0.2, 0.25) is 0 Å². The summed E-state index contributed by atoms with van der Waals surface area (Å²) in [5.41, 5.74) is 2.20. The van der Waals surface area contributed by atoms with Gasteiger partial charge in [0.15, 0.2) is 0 Å². The van der Waals surface area contributed by atoms with Gasteiger partial charge in [-0.05, 0) is 29.5 Å². The lowest BCUT2D eigenvalue weighted by atomic mass is 10.2. The first kappa shape index (κ1) is 12.5. The van der Waals surface area contributed by atoms with E-state index in [0.29, 0.717) is 5.54 Å². The molecule has 1 atom stereocenters. The standard InChI is InChI=1S/C15H18SSi/c1-12(17-15-6-4-3-5-7-15)13-8-10-14(16-2)11-9-13/h3-12H,17H2,1-2H3/t12-/m0/s1. The molecule has 0 fully saturated rings. The van der Waals surface area contributed by atoms with Crippen molar-refractivity contribution in [2.45, 2.75) is 17.4 Å². The van der Waals surface area contributed by atoms with Crippen LogP contribution in [0.5, 0.6) is 0 Å². The van der Waals surface area contributed by atoms with E-state index in [2.05, 4.69) is 67.8 Å². The molecule has 0 N–H and O–H groups in total.